The SMILES string of the molecule is N=C/C(=C\NC1CC(CCCNc2ccc3c(c2)C(=O)N(C2CCC(=O)NC2=O)C3=O)C1)c1cnc2ccc(OC3CC3)cc2n1. The molecule has 7 rings (SSSR count). The average Bonchev–Trinajstić information content (AvgIpc) is 3.82. The molecule has 4 aliphatic rings. The first-order valence-electron chi connectivity index (χ1n) is 15.9. The van der Waals surface area contributed by atoms with Gasteiger partial charge in [-0.3, -0.25) is 34.4 Å². The predicted octanol–water partition coefficient (Wildman–Crippen LogP) is 3.82. The van der Waals surface area contributed by atoms with Crippen LogP contribution in [0.5, 0.6) is 5.75 Å². The zero-order chi connectivity index (χ0) is 31.8. The topological polar surface area (TPSA) is 166 Å². The number of ether oxygens (including phenoxy) is 1. The minimum atomic E-state index is -0.970. The smallest absolute Gasteiger partial charge is 0.262 e. The number of hydrogen-bond donors (Lipinski definition) is 4. The minimum Gasteiger partial charge on any atom is -0.490 e. The van der Waals surface area contributed by atoms with Crippen LogP contribution in [-0.2, 0) is 9.59 Å². The molecule has 3 fully saturated rings. The third-order valence-corrected chi connectivity index (χ3v) is 9.06. The molecule has 1 aromatic heterocycles. The van der Waals surface area contributed by atoms with Crippen LogP contribution < -0.4 is 20.7 Å². The molecule has 2 aromatic carbocycles. The third-order valence-electron chi connectivity index (χ3n) is 9.06. The van der Waals surface area contributed by atoms with Gasteiger partial charge in [0.1, 0.15) is 11.8 Å². The van der Waals surface area contributed by atoms with Crippen LogP contribution in [0.25, 0.3) is 16.6 Å². The molecule has 2 aliphatic carbocycles. The molecule has 236 valence electrons. The van der Waals surface area contributed by atoms with E-state index in [1.807, 2.05) is 24.4 Å². The first-order valence-corrected chi connectivity index (χ1v) is 15.9. The quantitative estimate of drug-likeness (QED) is 0.134. The summed E-state index contributed by atoms with van der Waals surface area (Å²) in [4.78, 5) is 60.0. The van der Waals surface area contributed by atoms with Gasteiger partial charge < -0.3 is 20.8 Å². The molecule has 0 radical (unpaired) electrons. The number of anilines is 1. The van der Waals surface area contributed by atoms with Crippen LogP contribution in [0.3, 0.4) is 0 Å². The van der Waals surface area contributed by atoms with Crippen LogP contribution in [0.1, 0.15) is 77.8 Å². The van der Waals surface area contributed by atoms with Gasteiger partial charge >= 0.3 is 0 Å². The average molecular weight is 622 g/mol. The van der Waals surface area contributed by atoms with Gasteiger partial charge in [0.25, 0.3) is 11.8 Å². The van der Waals surface area contributed by atoms with Crippen molar-refractivity contribution in [3.8, 4) is 5.75 Å². The van der Waals surface area contributed by atoms with Crippen molar-refractivity contribution >= 4 is 52.1 Å². The second kappa shape index (κ2) is 12.3. The second-order valence-corrected chi connectivity index (χ2v) is 12.4. The van der Waals surface area contributed by atoms with Gasteiger partial charge in [0, 0.05) is 48.7 Å². The number of piperidine rings is 1. The Labute approximate surface area is 265 Å². The summed E-state index contributed by atoms with van der Waals surface area (Å²) in [6, 6.07) is 10.2. The normalized spacial score (nSPS) is 22.7. The molecule has 46 heavy (non-hydrogen) atoms. The molecule has 1 unspecified atom stereocenters. The van der Waals surface area contributed by atoms with Crippen LogP contribution >= 0.6 is 0 Å². The molecule has 1 atom stereocenters. The number of carbonyl (C=O) groups excluding carboxylic acids is 4. The van der Waals surface area contributed by atoms with E-state index >= 15 is 0 Å². The molecule has 4 amide bonds. The molecular formula is C34H35N7O5. The van der Waals surface area contributed by atoms with E-state index in [9.17, 15) is 19.2 Å². The first-order chi connectivity index (χ1) is 22.4. The highest BCUT2D eigenvalue weighted by Crippen LogP contribution is 2.33. The van der Waals surface area contributed by atoms with Crippen molar-refractivity contribution in [3.63, 3.8) is 0 Å². The molecule has 3 heterocycles. The summed E-state index contributed by atoms with van der Waals surface area (Å²) >= 11 is 0. The van der Waals surface area contributed by atoms with E-state index in [-0.39, 0.29) is 24.0 Å². The van der Waals surface area contributed by atoms with E-state index < -0.39 is 29.7 Å². The Bertz CT molecular complexity index is 1780. The van der Waals surface area contributed by atoms with Crippen LogP contribution in [0.15, 0.2) is 48.8 Å². The van der Waals surface area contributed by atoms with Gasteiger partial charge in [-0.2, -0.15) is 0 Å². The third kappa shape index (κ3) is 6.07. The number of carbonyl (C=O) groups is 4. The number of benzene rings is 2. The number of amides is 4. The van der Waals surface area contributed by atoms with E-state index in [1.165, 1.54) is 6.21 Å². The number of nitrogens with zero attached hydrogens (tertiary/aromatic N) is 3. The lowest BCUT2D eigenvalue weighted by atomic mass is 9.77. The van der Waals surface area contributed by atoms with Gasteiger partial charge in [0.05, 0.1) is 40.2 Å². The van der Waals surface area contributed by atoms with Crippen LogP contribution in [0.2, 0.25) is 0 Å². The van der Waals surface area contributed by atoms with Gasteiger partial charge in [-0.25, -0.2) is 4.98 Å². The zero-order valence-electron chi connectivity index (χ0n) is 25.3. The van der Waals surface area contributed by atoms with E-state index in [0.717, 1.165) is 72.4 Å². The number of rotatable bonds is 12. The largest absolute Gasteiger partial charge is 0.490 e. The molecule has 12 heteroatoms. The summed E-state index contributed by atoms with van der Waals surface area (Å²) in [5.41, 5.74) is 4.13. The van der Waals surface area contributed by atoms with Crippen molar-refractivity contribution in [1.29, 1.82) is 5.41 Å². The van der Waals surface area contributed by atoms with Gasteiger partial charge in [0.15, 0.2) is 0 Å². The Morgan fingerprint density at radius 3 is 2.63 bits per heavy atom. The van der Waals surface area contributed by atoms with Gasteiger partial charge in [0.2, 0.25) is 11.8 Å². The maximum absolute atomic E-state index is 13.1. The van der Waals surface area contributed by atoms with Crippen molar-refractivity contribution in [2.75, 3.05) is 11.9 Å². The lowest BCUT2D eigenvalue weighted by Crippen LogP contribution is -2.54. The molecule has 0 spiro atoms. The molecule has 2 aliphatic heterocycles. The highest BCUT2D eigenvalue weighted by Gasteiger charge is 2.44. The highest BCUT2D eigenvalue weighted by molar-refractivity contribution is 6.23. The second-order valence-electron chi connectivity index (χ2n) is 12.4. The number of allylic oxidation sites excluding steroid dienone is 1. The fourth-order valence-electron chi connectivity index (χ4n) is 6.29. The summed E-state index contributed by atoms with van der Waals surface area (Å²) in [5.74, 6) is -0.624. The summed E-state index contributed by atoms with van der Waals surface area (Å²) in [7, 11) is 0. The van der Waals surface area contributed by atoms with Crippen molar-refractivity contribution in [3.05, 3.63) is 65.6 Å². The lowest BCUT2D eigenvalue weighted by Gasteiger charge is -2.35. The number of hydrogen-bond acceptors (Lipinski definition) is 10. The van der Waals surface area contributed by atoms with Crippen molar-refractivity contribution in [1.82, 2.24) is 25.5 Å². The molecule has 12 nitrogen and oxygen atoms in total. The van der Waals surface area contributed by atoms with Crippen molar-refractivity contribution in [2.45, 2.75) is 69.6 Å². The zero-order valence-corrected chi connectivity index (χ0v) is 25.3. The Morgan fingerprint density at radius 2 is 1.85 bits per heavy atom. The molecule has 2 saturated carbocycles. The maximum Gasteiger partial charge on any atom is 0.262 e. The van der Waals surface area contributed by atoms with E-state index in [2.05, 4.69) is 20.9 Å². The van der Waals surface area contributed by atoms with Crippen molar-refractivity contribution in [2.24, 2.45) is 5.92 Å². The van der Waals surface area contributed by atoms with Gasteiger partial charge in [-0.15, -0.1) is 0 Å². The van der Waals surface area contributed by atoms with Crippen LogP contribution in [0, 0.1) is 11.3 Å². The predicted molar refractivity (Wildman–Crippen MR) is 170 cm³/mol. The summed E-state index contributed by atoms with van der Waals surface area (Å²) in [6.07, 6.45) is 11.7. The molecular weight excluding hydrogens is 586 g/mol. The first kappa shape index (κ1) is 29.6. The Balaban J connectivity index is 0.864. The fraction of sp³-hybridized carbons (Fsp3) is 0.382. The van der Waals surface area contributed by atoms with Crippen molar-refractivity contribution < 1.29 is 23.9 Å². The number of nitrogens with one attached hydrogen (secondary N) is 4. The van der Waals surface area contributed by atoms with E-state index in [0.29, 0.717) is 29.3 Å². The van der Waals surface area contributed by atoms with E-state index in [1.54, 1.807) is 24.4 Å². The highest BCUT2D eigenvalue weighted by atomic mass is 16.5. The number of fused-ring (bicyclic) bond motifs is 2. The molecule has 3 aromatic rings. The van der Waals surface area contributed by atoms with Gasteiger partial charge in [-0.1, -0.05) is 0 Å². The number of aromatic nitrogens is 2. The summed E-state index contributed by atoms with van der Waals surface area (Å²) in [6.45, 7) is 0.721. The Morgan fingerprint density at radius 1 is 1.02 bits per heavy atom. The maximum atomic E-state index is 13.1. The monoisotopic (exact) mass is 621 g/mol. The number of imide groups is 2. The van der Waals surface area contributed by atoms with Crippen LogP contribution in [-0.4, -0.2) is 69.4 Å². The minimum absolute atomic E-state index is 0.0911. The molecule has 0 bridgehead atoms. The standard InChI is InChI=1S/C34H35N7O5/c35-16-20(29-18-38-27-8-6-24(15-28(27)39-29)46-23-4-5-23)17-37-22-12-19(13-22)2-1-11-36-21-3-7-25-26(14-21)34(45)41(33(25)44)30-9-10-31(42)40-32(30)43/h3,6-8,14-19,22-23,30,35-37H,1-2,4-5,9-13H2,(H,40,42,43)/b20-17+,35-16?. The summed E-state index contributed by atoms with van der Waals surface area (Å²) in [5, 5.41) is 16.9. The van der Waals surface area contributed by atoms with Crippen LogP contribution in [0.4, 0.5) is 5.69 Å². The van der Waals surface area contributed by atoms with E-state index in [4.69, 9.17) is 15.1 Å². The van der Waals surface area contributed by atoms with Gasteiger partial charge in [-0.05, 0) is 81.2 Å². The fourth-order valence-corrected chi connectivity index (χ4v) is 6.29. The Hall–Kier alpha value is -5.13. The molecule has 4 N–H and O–H groups in total. The molecule has 1 saturated heterocycles. The Kier molecular flexibility index (Phi) is 7.93. The lowest BCUT2D eigenvalue weighted by molar-refractivity contribution is -0.136. The summed E-state index contributed by atoms with van der Waals surface area (Å²) < 4.78 is 5.89.